The molecular weight excluding hydrogens is 683 g/mol. The molecule has 5 nitrogen and oxygen atoms in total. The van der Waals surface area contributed by atoms with Crippen LogP contribution in [0.15, 0.2) is 143 Å². The first-order chi connectivity index (χ1) is 27.6. The molecule has 56 heavy (non-hydrogen) atoms. The summed E-state index contributed by atoms with van der Waals surface area (Å²) in [5.74, 6) is 0. The van der Waals surface area contributed by atoms with E-state index in [1.165, 1.54) is 38.6 Å². The van der Waals surface area contributed by atoms with Crippen LogP contribution in [0.4, 0.5) is 11.4 Å². The summed E-state index contributed by atoms with van der Waals surface area (Å²) in [7, 11) is 1.81. The smallest absolute Gasteiger partial charge is 0.0968 e. The fourth-order valence-electron chi connectivity index (χ4n) is 7.89. The predicted octanol–water partition coefficient (Wildman–Crippen LogP) is 13.2. The van der Waals surface area contributed by atoms with Crippen molar-refractivity contribution in [3.05, 3.63) is 161 Å². The molecule has 5 aromatic carbocycles. The Kier molecular flexibility index (Phi) is 10.5. The van der Waals surface area contributed by atoms with Gasteiger partial charge in [-0.25, -0.2) is 9.97 Å². The van der Waals surface area contributed by atoms with Gasteiger partial charge in [-0.2, -0.15) is 0 Å². The lowest BCUT2D eigenvalue weighted by Crippen LogP contribution is -2.11. The standard InChI is InChI=1S/C49H41N5.C2H6/c1-4-5-6-11-38-30-41(45-26-19-33-18-17-32-13-10-27-51-48(32)49(33)54-45)39-14-7-8-15-40(39)47(38)46-16-9-12-36-28-34(20-24-43(36)53-46)35-21-25-44-37(29-35)22-23-42(52-44)31(2)50-3;1-2/h4-9,11,14-30,46,53H,10,12-13H2,1-3H3;1-2H3/b5-4-,11-6-,50-31?;. The van der Waals surface area contributed by atoms with Crippen LogP contribution >= 0.6 is 0 Å². The maximum atomic E-state index is 5.31. The zero-order valence-electron chi connectivity index (χ0n) is 32.8. The number of nitrogens with one attached hydrogen (secondary N) is 1. The zero-order chi connectivity index (χ0) is 38.6. The molecule has 0 radical (unpaired) electrons. The molecule has 0 saturated carbocycles. The average molecular weight is 730 g/mol. The lowest BCUT2D eigenvalue weighted by Gasteiger charge is -2.23. The number of aromatic nitrogens is 2. The number of rotatable bonds is 6. The third-order valence-electron chi connectivity index (χ3n) is 10.8. The van der Waals surface area contributed by atoms with E-state index in [1.54, 1.807) is 7.05 Å². The van der Waals surface area contributed by atoms with Crippen molar-refractivity contribution < 1.29 is 0 Å². The van der Waals surface area contributed by atoms with Gasteiger partial charge >= 0.3 is 0 Å². The quantitative estimate of drug-likeness (QED) is 0.105. The Morgan fingerprint density at radius 3 is 2.46 bits per heavy atom. The molecule has 4 heterocycles. The number of fused-ring (bicyclic) bond motifs is 6. The highest BCUT2D eigenvalue weighted by Crippen LogP contribution is 2.41. The molecule has 0 aliphatic carbocycles. The summed E-state index contributed by atoms with van der Waals surface area (Å²) in [5.41, 5.74) is 15.3. The van der Waals surface area contributed by atoms with Gasteiger partial charge < -0.3 is 5.32 Å². The number of aliphatic imine (C=N–C) groups is 2. The summed E-state index contributed by atoms with van der Waals surface area (Å²) in [6.07, 6.45) is 18.0. The van der Waals surface area contributed by atoms with E-state index in [4.69, 9.17) is 15.0 Å². The van der Waals surface area contributed by atoms with E-state index in [0.29, 0.717) is 0 Å². The third kappa shape index (κ3) is 6.97. The number of anilines is 1. The molecule has 9 rings (SSSR count). The molecule has 2 aliphatic rings. The van der Waals surface area contributed by atoms with Crippen molar-refractivity contribution in [2.75, 3.05) is 12.4 Å². The van der Waals surface area contributed by atoms with Crippen LogP contribution in [0, 0.1) is 0 Å². The van der Waals surface area contributed by atoms with E-state index < -0.39 is 0 Å². The molecule has 0 fully saturated rings. The van der Waals surface area contributed by atoms with E-state index in [1.807, 2.05) is 33.9 Å². The van der Waals surface area contributed by atoms with Gasteiger partial charge in [0, 0.05) is 35.3 Å². The zero-order valence-corrected chi connectivity index (χ0v) is 32.8. The fraction of sp³-hybridized carbons (Fsp3) is 0.176. The summed E-state index contributed by atoms with van der Waals surface area (Å²) < 4.78 is 0. The molecule has 0 amide bonds. The van der Waals surface area contributed by atoms with E-state index in [2.05, 4.69) is 150 Å². The molecule has 1 atom stereocenters. The topological polar surface area (TPSA) is 62.5 Å². The van der Waals surface area contributed by atoms with Crippen molar-refractivity contribution in [1.29, 1.82) is 0 Å². The van der Waals surface area contributed by atoms with Gasteiger partial charge in [0.05, 0.1) is 39.9 Å². The van der Waals surface area contributed by atoms with Crippen LogP contribution in [0.2, 0.25) is 0 Å². The minimum absolute atomic E-state index is 0.0386. The van der Waals surface area contributed by atoms with Crippen molar-refractivity contribution in [3.63, 3.8) is 0 Å². The van der Waals surface area contributed by atoms with Gasteiger partial charge in [0.2, 0.25) is 0 Å². The van der Waals surface area contributed by atoms with Crippen LogP contribution in [-0.4, -0.2) is 28.9 Å². The van der Waals surface area contributed by atoms with Crippen molar-refractivity contribution in [3.8, 4) is 22.4 Å². The molecule has 2 aromatic heterocycles. The second kappa shape index (κ2) is 16.1. The Hall–Kier alpha value is -6.46. The second-order valence-corrected chi connectivity index (χ2v) is 14.1. The first kappa shape index (κ1) is 36.5. The molecule has 0 saturated heterocycles. The molecule has 0 bridgehead atoms. The highest BCUT2D eigenvalue weighted by atomic mass is 14.9. The summed E-state index contributed by atoms with van der Waals surface area (Å²) in [6, 6.07) is 37.3. The highest BCUT2D eigenvalue weighted by Gasteiger charge is 2.22. The van der Waals surface area contributed by atoms with Crippen LogP contribution in [0.3, 0.4) is 0 Å². The molecule has 276 valence electrons. The lowest BCUT2D eigenvalue weighted by atomic mass is 9.88. The third-order valence-corrected chi connectivity index (χ3v) is 10.8. The summed E-state index contributed by atoms with van der Waals surface area (Å²) >= 11 is 0. The largest absolute Gasteiger partial charge is 0.374 e. The van der Waals surface area contributed by atoms with Gasteiger partial charge in [-0.15, -0.1) is 0 Å². The molecule has 1 N–H and O–H groups in total. The molecule has 5 heteroatoms. The van der Waals surface area contributed by atoms with Gasteiger partial charge in [-0.1, -0.05) is 111 Å². The van der Waals surface area contributed by atoms with Crippen molar-refractivity contribution >= 4 is 62.0 Å². The van der Waals surface area contributed by atoms with E-state index in [9.17, 15) is 0 Å². The Bertz CT molecular complexity index is 2770. The van der Waals surface area contributed by atoms with Crippen LogP contribution in [0.25, 0.3) is 61.0 Å². The van der Waals surface area contributed by atoms with Crippen LogP contribution in [0.1, 0.15) is 68.1 Å². The number of hydrogen-bond acceptors (Lipinski definition) is 5. The van der Waals surface area contributed by atoms with Gasteiger partial charge in [-0.3, -0.25) is 9.98 Å². The Labute approximate surface area is 330 Å². The average Bonchev–Trinajstić information content (AvgIpc) is 3.48. The SMILES string of the molecule is C/C=C\C=C/c1cc(-c2ccc3ccc4c(c3n2)N=CCC4)c2ccccc2c1C1C=CCc2cc(-c3ccc4nc(C(C)=NC)ccc4c3)ccc2N1.CC. The molecule has 7 aromatic rings. The molecule has 0 spiro atoms. The van der Waals surface area contributed by atoms with Gasteiger partial charge in [0.25, 0.3) is 0 Å². The number of hydrogen-bond donors (Lipinski definition) is 1. The normalized spacial score (nSPS) is 15.2. The fourth-order valence-corrected chi connectivity index (χ4v) is 7.89. The van der Waals surface area contributed by atoms with E-state index in [0.717, 1.165) is 80.7 Å². The number of aryl methyl sites for hydroxylation is 1. The minimum atomic E-state index is -0.0386. The predicted molar refractivity (Wildman–Crippen MR) is 241 cm³/mol. The van der Waals surface area contributed by atoms with Crippen LogP contribution in [-0.2, 0) is 12.8 Å². The van der Waals surface area contributed by atoms with Crippen molar-refractivity contribution in [2.45, 2.75) is 53.0 Å². The Morgan fingerprint density at radius 1 is 0.804 bits per heavy atom. The molecule has 1 unspecified atom stereocenters. The van der Waals surface area contributed by atoms with Crippen LogP contribution in [0.5, 0.6) is 0 Å². The molecule has 2 aliphatic heterocycles. The van der Waals surface area contributed by atoms with Gasteiger partial charge in [0.15, 0.2) is 0 Å². The Balaban J connectivity index is 0.00000217. The van der Waals surface area contributed by atoms with Crippen LogP contribution < -0.4 is 5.32 Å². The molecular formula is C51H47N5. The second-order valence-electron chi connectivity index (χ2n) is 14.1. The van der Waals surface area contributed by atoms with Crippen molar-refractivity contribution in [2.24, 2.45) is 9.98 Å². The van der Waals surface area contributed by atoms with E-state index in [-0.39, 0.29) is 6.04 Å². The summed E-state index contributed by atoms with van der Waals surface area (Å²) in [4.78, 5) is 19.3. The van der Waals surface area contributed by atoms with Gasteiger partial charge in [0.1, 0.15) is 0 Å². The lowest BCUT2D eigenvalue weighted by molar-refractivity contribution is 0.997. The maximum Gasteiger partial charge on any atom is 0.0968 e. The summed E-state index contributed by atoms with van der Waals surface area (Å²) in [6.45, 7) is 8.04. The van der Waals surface area contributed by atoms with Crippen molar-refractivity contribution in [1.82, 2.24) is 9.97 Å². The monoisotopic (exact) mass is 729 g/mol. The Morgan fingerprint density at radius 2 is 1.61 bits per heavy atom. The first-order valence-electron chi connectivity index (χ1n) is 19.8. The van der Waals surface area contributed by atoms with Gasteiger partial charge in [-0.05, 0) is 120 Å². The number of allylic oxidation sites excluding steroid dienone is 4. The van der Waals surface area contributed by atoms with E-state index >= 15 is 0 Å². The maximum absolute atomic E-state index is 5.31. The number of nitrogens with zero attached hydrogens (tertiary/aromatic N) is 4. The highest BCUT2D eigenvalue weighted by molar-refractivity contribution is 6.03. The summed E-state index contributed by atoms with van der Waals surface area (Å²) in [5, 5.41) is 8.58. The first-order valence-corrected chi connectivity index (χ1v) is 19.8. The number of benzene rings is 5. The minimum Gasteiger partial charge on any atom is -0.374 e. The number of pyridine rings is 2.